The minimum absolute atomic E-state index is 0.0907. The summed E-state index contributed by atoms with van der Waals surface area (Å²) >= 11 is 0. The number of hydrogen-bond donors (Lipinski definition) is 1. The molecule has 0 saturated carbocycles. The molecule has 1 aromatic carbocycles. The van der Waals surface area contributed by atoms with E-state index in [1.54, 1.807) is 13.8 Å². The number of esters is 2. The summed E-state index contributed by atoms with van der Waals surface area (Å²) in [5, 5.41) is 9.16. The summed E-state index contributed by atoms with van der Waals surface area (Å²) in [7, 11) is 1.39. The molecule has 7 nitrogen and oxygen atoms in total. The van der Waals surface area contributed by atoms with Crippen LogP contribution < -0.4 is 4.74 Å². The zero-order valence-electron chi connectivity index (χ0n) is 14.3. The molecule has 0 aliphatic rings. The van der Waals surface area contributed by atoms with E-state index >= 15 is 0 Å². The van der Waals surface area contributed by atoms with E-state index in [1.165, 1.54) is 25.3 Å². The molecule has 0 atom stereocenters. The SMILES string of the molecule is CCC(C)(C)C(=O)OCCOC(=O)c1ccc(OC)cc1C(=O)O. The molecule has 1 aromatic rings. The highest BCUT2D eigenvalue weighted by molar-refractivity contribution is 6.02. The van der Waals surface area contributed by atoms with E-state index in [1.807, 2.05) is 6.92 Å². The third-order valence-corrected chi connectivity index (χ3v) is 3.66. The van der Waals surface area contributed by atoms with Crippen LogP contribution in [0.1, 0.15) is 47.9 Å². The Balaban J connectivity index is 2.63. The van der Waals surface area contributed by atoms with Crippen LogP contribution in [-0.2, 0) is 14.3 Å². The van der Waals surface area contributed by atoms with Gasteiger partial charge in [0, 0.05) is 0 Å². The minimum atomic E-state index is -1.27. The number of hydrogen-bond acceptors (Lipinski definition) is 6. The highest BCUT2D eigenvalue weighted by Gasteiger charge is 2.27. The van der Waals surface area contributed by atoms with Gasteiger partial charge in [0.2, 0.25) is 0 Å². The Bertz CT molecular complexity index is 619. The van der Waals surface area contributed by atoms with Crippen LogP contribution in [-0.4, -0.2) is 43.3 Å². The predicted molar refractivity (Wildman–Crippen MR) is 85.3 cm³/mol. The molecule has 0 amide bonds. The molecule has 132 valence electrons. The molecular weight excluding hydrogens is 316 g/mol. The summed E-state index contributed by atoms with van der Waals surface area (Å²) in [5.41, 5.74) is -0.914. The van der Waals surface area contributed by atoms with E-state index in [0.29, 0.717) is 12.2 Å². The third-order valence-electron chi connectivity index (χ3n) is 3.66. The van der Waals surface area contributed by atoms with Gasteiger partial charge in [-0.15, -0.1) is 0 Å². The maximum Gasteiger partial charge on any atom is 0.339 e. The molecule has 24 heavy (non-hydrogen) atoms. The second kappa shape index (κ2) is 8.33. The van der Waals surface area contributed by atoms with Crippen LogP contribution in [0.5, 0.6) is 5.75 Å². The van der Waals surface area contributed by atoms with Gasteiger partial charge >= 0.3 is 17.9 Å². The lowest BCUT2D eigenvalue weighted by atomic mass is 9.91. The van der Waals surface area contributed by atoms with Crippen LogP contribution in [0.3, 0.4) is 0 Å². The zero-order chi connectivity index (χ0) is 18.3. The first kappa shape index (κ1) is 19.5. The molecular formula is C17H22O7. The fourth-order valence-electron chi connectivity index (χ4n) is 1.69. The summed E-state index contributed by atoms with van der Waals surface area (Å²) in [4.78, 5) is 35.0. The van der Waals surface area contributed by atoms with E-state index in [2.05, 4.69) is 0 Å². The Kier molecular flexibility index (Phi) is 6.76. The number of aromatic carboxylic acids is 1. The Morgan fingerprint density at radius 3 is 2.25 bits per heavy atom. The molecule has 0 fully saturated rings. The summed E-state index contributed by atoms with van der Waals surface area (Å²) in [6, 6.07) is 4.02. The lowest BCUT2D eigenvalue weighted by molar-refractivity contribution is -0.155. The minimum Gasteiger partial charge on any atom is -0.497 e. The monoisotopic (exact) mass is 338 g/mol. The van der Waals surface area contributed by atoms with Crippen molar-refractivity contribution in [2.75, 3.05) is 20.3 Å². The van der Waals surface area contributed by atoms with Gasteiger partial charge in [-0.3, -0.25) is 4.79 Å². The molecule has 0 unspecified atom stereocenters. The number of methoxy groups -OCH3 is 1. The van der Waals surface area contributed by atoms with Crippen LogP contribution in [0.2, 0.25) is 0 Å². The van der Waals surface area contributed by atoms with Gasteiger partial charge in [0.1, 0.15) is 19.0 Å². The van der Waals surface area contributed by atoms with Gasteiger partial charge in [0.25, 0.3) is 0 Å². The van der Waals surface area contributed by atoms with Crippen molar-refractivity contribution < 1.29 is 33.7 Å². The van der Waals surface area contributed by atoms with Crippen LogP contribution >= 0.6 is 0 Å². The van der Waals surface area contributed by atoms with Gasteiger partial charge in [-0.2, -0.15) is 0 Å². The van der Waals surface area contributed by atoms with Gasteiger partial charge in [-0.05, 0) is 38.5 Å². The van der Waals surface area contributed by atoms with E-state index in [9.17, 15) is 14.4 Å². The van der Waals surface area contributed by atoms with Crippen molar-refractivity contribution in [2.24, 2.45) is 5.41 Å². The Morgan fingerprint density at radius 2 is 1.71 bits per heavy atom. The van der Waals surface area contributed by atoms with Crippen LogP contribution in [0.4, 0.5) is 0 Å². The zero-order valence-corrected chi connectivity index (χ0v) is 14.3. The van der Waals surface area contributed by atoms with E-state index in [0.717, 1.165) is 0 Å². The van der Waals surface area contributed by atoms with Crippen molar-refractivity contribution in [1.29, 1.82) is 0 Å². The summed E-state index contributed by atoms with van der Waals surface area (Å²) in [6.45, 7) is 5.15. The standard InChI is InChI=1S/C17H22O7/c1-5-17(2,3)16(21)24-9-8-23-15(20)12-7-6-11(22-4)10-13(12)14(18)19/h6-7,10H,5,8-9H2,1-4H3,(H,18,19). The molecule has 0 aromatic heterocycles. The smallest absolute Gasteiger partial charge is 0.339 e. The molecule has 1 N–H and O–H groups in total. The Labute approximate surface area is 140 Å². The van der Waals surface area contributed by atoms with Crippen molar-refractivity contribution >= 4 is 17.9 Å². The maximum atomic E-state index is 12.0. The van der Waals surface area contributed by atoms with Gasteiger partial charge in [0.05, 0.1) is 23.7 Å². The number of benzene rings is 1. The molecule has 0 spiro atoms. The molecule has 0 heterocycles. The van der Waals surface area contributed by atoms with Crippen LogP contribution in [0.15, 0.2) is 18.2 Å². The number of ether oxygens (including phenoxy) is 3. The van der Waals surface area contributed by atoms with Gasteiger partial charge < -0.3 is 19.3 Å². The summed E-state index contributed by atoms with van der Waals surface area (Å²) in [6.07, 6.45) is 0.624. The highest BCUT2D eigenvalue weighted by Crippen LogP contribution is 2.21. The Hall–Kier alpha value is -2.57. The van der Waals surface area contributed by atoms with E-state index < -0.39 is 17.4 Å². The molecule has 0 aliphatic heterocycles. The van der Waals surface area contributed by atoms with Gasteiger partial charge in [-0.25, -0.2) is 9.59 Å². The molecule has 0 bridgehead atoms. The average Bonchev–Trinajstić information content (AvgIpc) is 2.57. The van der Waals surface area contributed by atoms with Crippen LogP contribution in [0.25, 0.3) is 0 Å². The quantitative estimate of drug-likeness (QED) is 0.574. The van der Waals surface area contributed by atoms with E-state index in [-0.39, 0.29) is 30.3 Å². The fourth-order valence-corrected chi connectivity index (χ4v) is 1.69. The normalized spacial score (nSPS) is 10.8. The first-order chi connectivity index (χ1) is 11.2. The van der Waals surface area contributed by atoms with Crippen molar-refractivity contribution in [2.45, 2.75) is 27.2 Å². The number of carboxylic acid groups (broad SMARTS) is 1. The van der Waals surface area contributed by atoms with Gasteiger partial charge in [0.15, 0.2) is 0 Å². The molecule has 7 heteroatoms. The van der Waals surface area contributed by atoms with Crippen molar-refractivity contribution in [3.63, 3.8) is 0 Å². The van der Waals surface area contributed by atoms with Crippen LogP contribution in [0, 0.1) is 5.41 Å². The second-order valence-electron chi connectivity index (χ2n) is 5.73. The molecule has 1 rings (SSSR count). The van der Waals surface area contributed by atoms with E-state index in [4.69, 9.17) is 19.3 Å². The lowest BCUT2D eigenvalue weighted by Crippen LogP contribution is -2.27. The molecule has 0 aliphatic carbocycles. The number of carbonyl (C=O) groups excluding carboxylic acids is 2. The summed E-state index contributed by atoms with van der Waals surface area (Å²) < 4.78 is 14.9. The Morgan fingerprint density at radius 1 is 1.08 bits per heavy atom. The third kappa shape index (κ3) is 4.97. The number of rotatable bonds is 8. The molecule has 0 saturated heterocycles. The highest BCUT2D eigenvalue weighted by atomic mass is 16.6. The number of carbonyl (C=O) groups is 3. The fraction of sp³-hybridized carbons (Fsp3) is 0.471. The molecule has 0 radical (unpaired) electrons. The predicted octanol–water partition coefficient (Wildman–Crippen LogP) is 2.53. The van der Waals surface area contributed by atoms with Gasteiger partial charge in [-0.1, -0.05) is 6.92 Å². The topological polar surface area (TPSA) is 99.1 Å². The van der Waals surface area contributed by atoms with Crippen molar-refractivity contribution in [3.8, 4) is 5.75 Å². The van der Waals surface area contributed by atoms with Crippen molar-refractivity contribution in [1.82, 2.24) is 0 Å². The number of carboxylic acids is 1. The largest absolute Gasteiger partial charge is 0.497 e. The lowest BCUT2D eigenvalue weighted by Gasteiger charge is -2.20. The average molecular weight is 338 g/mol. The van der Waals surface area contributed by atoms with Crippen molar-refractivity contribution in [3.05, 3.63) is 29.3 Å². The first-order valence-corrected chi connectivity index (χ1v) is 7.48. The second-order valence-corrected chi connectivity index (χ2v) is 5.73. The maximum absolute atomic E-state index is 12.0. The first-order valence-electron chi connectivity index (χ1n) is 7.48. The summed E-state index contributed by atoms with van der Waals surface area (Å²) in [5.74, 6) is -2.13.